The molecule has 3 rings (SSSR count). The summed E-state index contributed by atoms with van der Waals surface area (Å²) in [5, 5.41) is 10.3. The number of hydrogen-bond acceptors (Lipinski definition) is 3. The number of ether oxygens (including phenoxy) is 1. The van der Waals surface area contributed by atoms with Gasteiger partial charge >= 0.3 is 6.09 Å². The maximum absolute atomic E-state index is 12.1. The Morgan fingerprint density at radius 2 is 1.83 bits per heavy atom. The van der Waals surface area contributed by atoms with Gasteiger partial charge in [0.25, 0.3) is 0 Å². The monoisotopic (exact) mass is 255 g/mol. The molecule has 2 saturated heterocycles. The number of piperidine rings is 2. The van der Waals surface area contributed by atoms with Gasteiger partial charge in [-0.15, -0.1) is 0 Å². The summed E-state index contributed by atoms with van der Waals surface area (Å²) in [7, 11) is 0. The molecule has 0 atom stereocenters. The lowest BCUT2D eigenvalue weighted by atomic mass is 9.52. The molecule has 2 heterocycles. The van der Waals surface area contributed by atoms with Crippen LogP contribution in [0.1, 0.15) is 47.5 Å². The van der Waals surface area contributed by atoms with Crippen molar-refractivity contribution >= 4 is 6.09 Å². The maximum Gasteiger partial charge on any atom is 0.410 e. The highest BCUT2D eigenvalue weighted by molar-refractivity contribution is 5.68. The lowest BCUT2D eigenvalue weighted by Crippen LogP contribution is -2.65. The van der Waals surface area contributed by atoms with Crippen molar-refractivity contribution in [1.82, 2.24) is 4.90 Å². The molecule has 1 N–H and O–H groups in total. The second kappa shape index (κ2) is 3.86. The molecule has 3 fully saturated rings. The van der Waals surface area contributed by atoms with E-state index in [1.54, 1.807) is 4.90 Å². The fraction of sp³-hybridized carbons (Fsp3) is 0.929. The van der Waals surface area contributed by atoms with Crippen molar-refractivity contribution in [2.24, 2.45) is 11.3 Å². The first-order chi connectivity index (χ1) is 8.02. The van der Waals surface area contributed by atoms with Crippen molar-refractivity contribution in [3.05, 3.63) is 0 Å². The van der Waals surface area contributed by atoms with E-state index < -0.39 is 11.2 Å². The van der Waals surface area contributed by atoms with Crippen molar-refractivity contribution in [1.29, 1.82) is 0 Å². The molecule has 1 saturated carbocycles. The largest absolute Gasteiger partial charge is 0.444 e. The number of hydrogen-bond donors (Lipinski definition) is 1. The van der Waals surface area contributed by atoms with E-state index in [2.05, 4.69) is 0 Å². The summed E-state index contributed by atoms with van der Waals surface area (Å²) >= 11 is 0. The summed E-state index contributed by atoms with van der Waals surface area (Å²) in [6.07, 6.45) is 1.80. The van der Waals surface area contributed by atoms with Crippen LogP contribution in [0, 0.1) is 11.3 Å². The van der Waals surface area contributed by atoms with Crippen LogP contribution in [0.5, 0.6) is 0 Å². The maximum atomic E-state index is 12.1. The molecule has 4 heteroatoms. The summed E-state index contributed by atoms with van der Waals surface area (Å²) in [5.74, 6) is 0.526. The Bertz CT molecular complexity index is 345. The third kappa shape index (κ3) is 2.35. The van der Waals surface area contributed by atoms with E-state index in [9.17, 15) is 9.90 Å². The Morgan fingerprint density at radius 3 is 2.28 bits per heavy atom. The minimum atomic E-state index is -0.732. The van der Waals surface area contributed by atoms with Crippen LogP contribution >= 0.6 is 0 Å². The Morgan fingerprint density at radius 1 is 1.28 bits per heavy atom. The average Bonchev–Trinajstić information content (AvgIpc) is 2.12. The molecule has 18 heavy (non-hydrogen) atoms. The zero-order valence-electron chi connectivity index (χ0n) is 12.1. The number of carbonyl (C=O) groups is 1. The van der Waals surface area contributed by atoms with Gasteiger partial charge in [-0.1, -0.05) is 0 Å². The van der Waals surface area contributed by atoms with Gasteiger partial charge in [0, 0.05) is 18.5 Å². The summed E-state index contributed by atoms with van der Waals surface area (Å²) in [4.78, 5) is 13.8. The van der Waals surface area contributed by atoms with E-state index in [1.165, 1.54) is 0 Å². The molecule has 1 aliphatic carbocycles. The fourth-order valence-electron chi connectivity index (χ4n) is 3.20. The van der Waals surface area contributed by atoms with Crippen LogP contribution in [-0.4, -0.2) is 40.4 Å². The summed E-state index contributed by atoms with van der Waals surface area (Å²) in [6, 6.07) is 0. The van der Waals surface area contributed by atoms with Gasteiger partial charge in [0.15, 0.2) is 0 Å². The predicted molar refractivity (Wildman–Crippen MR) is 69.3 cm³/mol. The van der Waals surface area contributed by atoms with Crippen molar-refractivity contribution in [3.63, 3.8) is 0 Å². The first kappa shape index (κ1) is 13.7. The molecule has 1 amide bonds. The molecule has 0 spiro atoms. The summed E-state index contributed by atoms with van der Waals surface area (Å²) in [5.41, 5.74) is -1.32. The van der Waals surface area contributed by atoms with Crippen LogP contribution in [-0.2, 0) is 4.74 Å². The number of rotatable bonds is 1. The van der Waals surface area contributed by atoms with Gasteiger partial charge in [-0.05, 0) is 53.4 Å². The van der Waals surface area contributed by atoms with Gasteiger partial charge in [-0.3, -0.25) is 0 Å². The lowest BCUT2D eigenvalue weighted by molar-refractivity contribution is -0.173. The van der Waals surface area contributed by atoms with E-state index in [1.807, 2.05) is 34.6 Å². The molecule has 0 aromatic carbocycles. The molecule has 0 aromatic heterocycles. The van der Waals surface area contributed by atoms with Crippen molar-refractivity contribution < 1.29 is 14.6 Å². The normalized spacial score (nSPS) is 31.9. The number of nitrogens with zero attached hydrogens (tertiary/aromatic N) is 1. The predicted octanol–water partition coefficient (Wildman–Crippen LogP) is 2.40. The van der Waals surface area contributed by atoms with E-state index in [-0.39, 0.29) is 11.5 Å². The van der Waals surface area contributed by atoms with Crippen LogP contribution in [0.3, 0.4) is 0 Å². The molecule has 0 radical (unpaired) electrons. The summed E-state index contributed by atoms with van der Waals surface area (Å²) in [6.45, 7) is 10.7. The molecule has 3 aliphatic rings. The summed E-state index contributed by atoms with van der Waals surface area (Å²) < 4.78 is 5.41. The van der Waals surface area contributed by atoms with Crippen LogP contribution in [0.4, 0.5) is 4.79 Å². The minimum Gasteiger partial charge on any atom is -0.444 e. The molecule has 4 nitrogen and oxygen atoms in total. The zero-order chi connectivity index (χ0) is 13.8. The third-order valence-electron chi connectivity index (χ3n) is 4.28. The SMILES string of the molecule is CC(C)(C)OC(=O)N1CC2CC(C(C)(C)O)(C2)C1. The van der Waals surface area contributed by atoms with E-state index in [0.717, 1.165) is 19.4 Å². The lowest BCUT2D eigenvalue weighted by Gasteiger charge is -2.61. The second-order valence-corrected chi connectivity index (χ2v) is 7.47. The van der Waals surface area contributed by atoms with Gasteiger partial charge < -0.3 is 14.7 Å². The molecule has 104 valence electrons. The van der Waals surface area contributed by atoms with Gasteiger partial charge in [0.1, 0.15) is 5.60 Å². The topological polar surface area (TPSA) is 49.8 Å². The zero-order valence-corrected chi connectivity index (χ0v) is 12.1. The van der Waals surface area contributed by atoms with Crippen molar-refractivity contribution in [2.75, 3.05) is 13.1 Å². The number of amides is 1. The molecule has 0 aromatic rings. The molecule has 0 unspecified atom stereocenters. The van der Waals surface area contributed by atoms with Gasteiger partial charge in [0.05, 0.1) is 5.60 Å². The average molecular weight is 255 g/mol. The minimum absolute atomic E-state index is 0.132. The molecular formula is C14H25NO3. The Hall–Kier alpha value is -0.770. The van der Waals surface area contributed by atoms with Crippen molar-refractivity contribution in [2.45, 2.75) is 58.7 Å². The quantitative estimate of drug-likeness (QED) is 0.782. The first-order valence-corrected chi connectivity index (χ1v) is 6.73. The Kier molecular flexibility index (Phi) is 2.93. The number of carbonyl (C=O) groups excluding carboxylic acids is 1. The molecule has 2 bridgehead atoms. The molecule has 2 aliphatic heterocycles. The van der Waals surface area contributed by atoms with Gasteiger partial charge in [0.2, 0.25) is 0 Å². The van der Waals surface area contributed by atoms with Crippen LogP contribution in [0.2, 0.25) is 0 Å². The first-order valence-electron chi connectivity index (χ1n) is 6.73. The van der Waals surface area contributed by atoms with E-state index in [0.29, 0.717) is 12.5 Å². The highest BCUT2D eigenvalue weighted by atomic mass is 16.6. The Labute approximate surface area is 109 Å². The smallest absolute Gasteiger partial charge is 0.410 e. The molecular weight excluding hydrogens is 230 g/mol. The van der Waals surface area contributed by atoms with Gasteiger partial charge in [-0.2, -0.15) is 0 Å². The van der Waals surface area contributed by atoms with Crippen LogP contribution < -0.4 is 0 Å². The van der Waals surface area contributed by atoms with E-state index in [4.69, 9.17) is 4.74 Å². The second-order valence-electron chi connectivity index (χ2n) is 7.47. The van der Waals surface area contributed by atoms with Crippen LogP contribution in [0.15, 0.2) is 0 Å². The number of aliphatic hydroxyl groups is 1. The third-order valence-corrected chi connectivity index (χ3v) is 4.28. The standard InChI is InChI=1S/C14H25NO3/c1-12(2,3)18-11(16)15-8-10-6-14(7-10,9-15)13(4,5)17/h10,17H,6-9H2,1-5H3. The van der Waals surface area contributed by atoms with Crippen molar-refractivity contribution in [3.8, 4) is 0 Å². The van der Waals surface area contributed by atoms with E-state index >= 15 is 0 Å². The highest BCUT2D eigenvalue weighted by Crippen LogP contribution is 2.56. The van der Waals surface area contributed by atoms with Crippen LogP contribution in [0.25, 0.3) is 0 Å². The highest BCUT2D eigenvalue weighted by Gasteiger charge is 2.58. The van der Waals surface area contributed by atoms with Gasteiger partial charge in [-0.25, -0.2) is 4.79 Å². The fourth-order valence-corrected chi connectivity index (χ4v) is 3.20. The number of fused-ring (bicyclic) bond motifs is 2. The Balaban J connectivity index is 2.04.